The fraction of sp³-hybridized carbons (Fsp3) is 0.143. The Morgan fingerprint density at radius 3 is 2.80 bits per heavy atom. The van der Waals surface area contributed by atoms with Crippen molar-refractivity contribution in [1.29, 1.82) is 0 Å². The first-order valence-electron chi connectivity index (χ1n) is 6.14. The van der Waals surface area contributed by atoms with Crippen molar-refractivity contribution in [3.63, 3.8) is 0 Å². The van der Waals surface area contributed by atoms with E-state index in [0.717, 1.165) is 11.1 Å². The first-order valence-corrected chi connectivity index (χ1v) is 6.14. The van der Waals surface area contributed by atoms with Gasteiger partial charge in [0.15, 0.2) is 0 Å². The highest BCUT2D eigenvalue weighted by atomic mass is 16.5. The summed E-state index contributed by atoms with van der Waals surface area (Å²) in [7, 11) is 0. The standard InChI is InChI=1S/C14H12N4O2/c1-9-10(7-17-20-9)6-16-14(19)13-8-15-11-4-2-3-5-12(11)18-13/h2-5,7-8H,6H2,1H3,(H,16,19). The van der Waals surface area contributed by atoms with Crippen LogP contribution in [0.15, 0.2) is 41.2 Å². The van der Waals surface area contributed by atoms with E-state index in [9.17, 15) is 4.79 Å². The molecule has 100 valence electrons. The number of para-hydroxylation sites is 2. The second-order valence-electron chi connectivity index (χ2n) is 4.33. The molecule has 0 unspecified atom stereocenters. The molecule has 1 N–H and O–H groups in total. The molecule has 6 heteroatoms. The van der Waals surface area contributed by atoms with Gasteiger partial charge in [-0.2, -0.15) is 0 Å². The van der Waals surface area contributed by atoms with Crippen LogP contribution in [0.25, 0.3) is 11.0 Å². The Morgan fingerprint density at radius 1 is 1.25 bits per heavy atom. The van der Waals surface area contributed by atoms with Crippen molar-refractivity contribution in [3.8, 4) is 0 Å². The maximum Gasteiger partial charge on any atom is 0.271 e. The van der Waals surface area contributed by atoms with Crippen molar-refractivity contribution in [2.45, 2.75) is 13.5 Å². The van der Waals surface area contributed by atoms with Gasteiger partial charge in [-0.1, -0.05) is 17.3 Å². The topological polar surface area (TPSA) is 80.9 Å². The van der Waals surface area contributed by atoms with Crippen LogP contribution in [0, 0.1) is 6.92 Å². The third kappa shape index (κ3) is 2.35. The van der Waals surface area contributed by atoms with E-state index in [-0.39, 0.29) is 11.6 Å². The molecule has 3 rings (SSSR count). The number of amides is 1. The van der Waals surface area contributed by atoms with Crippen LogP contribution in [0.3, 0.4) is 0 Å². The summed E-state index contributed by atoms with van der Waals surface area (Å²) in [6.45, 7) is 2.15. The molecule has 0 atom stereocenters. The molecule has 2 heterocycles. The van der Waals surface area contributed by atoms with Gasteiger partial charge in [0.2, 0.25) is 0 Å². The summed E-state index contributed by atoms with van der Waals surface area (Å²) < 4.78 is 4.93. The van der Waals surface area contributed by atoms with Crippen molar-refractivity contribution in [3.05, 3.63) is 53.7 Å². The van der Waals surface area contributed by atoms with Crippen LogP contribution in [0.5, 0.6) is 0 Å². The van der Waals surface area contributed by atoms with E-state index in [2.05, 4.69) is 20.4 Å². The quantitative estimate of drug-likeness (QED) is 0.784. The average molecular weight is 268 g/mol. The molecule has 0 radical (unpaired) electrons. The molecule has 0 spiro atoms. The maximum absolute atomic E-state index is 12.0. The van der Waals surface area contributed by atoms with Gasteiger partial charge in [-0.15, -0.1) is 0 Å². The fourth-order valence-corrected chi connectivity index (χ4v) is 1.82. The summed E-state index contributed by atoms with van der Waals surface area (Å²) in [5.74, 6) is 0.416. The van der Waals surface area contributed by atoms with E-state index in [1.165, 1.54) is 6.20 Å². The second kappa shape index (κ2) is 5.08. The van der Waals surface area contributed by atoms with Crippen molar-refractivity contribution < 1.29 is 9.32 Å². The first kappa shape index (κ1) is 12.3. The number of carbonyl (C=O) groups is 1. The smallest absolute Gasteiger partial charge is 0.271 e. The molecule has 0 saturated carbocycles. The molecule has 0 aliphatic carbocycles. The Morgan fingerprint density at radius 2 is 2.05 bits per heavy atom. The van der Waals surface area contributed by atoms with E-state index in [0.29, 0.717) is 17.8 Å². The van der Waals surface area contributed by atoms with E-state index in [1.54, 1.807) is 13.1 Å². The van der Waals surface area contributed by atoms with E-state index >= 15 is 0 Å². The van der Waals surface area contributed by atoms with Crippen LogP contribution in [0.1, 0.15) is 21.8 Å². The summed E-state index contributed by atoms with van der Waals surface area (Å²) in [6.07, 6.45) is 3.06. The van der Waals surface area contributed by atoms with Crippen molar-refractivity contribution >= 4 is 16.9 Å². The molecular weight excluding hydrogens is 256 g/mol. The van der Waals surface area contributed by atoms with Crippen molar-refractivity contribution in [2.24, 2.45) is 0 Å². The number of aromatic nitrogens is 3. The molecular formula is C14H12N4O2. The molecule has 0 aliphatic rings. The lowest BCUT2D eigenvalue weighted by Crippen LogP contribution is -2.24. The fourth-order valence-electron chi connectivity index (χ4n) is 1.82. The van der Waals surface area contributed by atoms with Gasteiger partial charge in [-0.3, -0.25) is 9.78 Å². The van der Waals surface area contributed by atoms with Gasteiger partial charge in [-0.05, 0) is 19.1 Å². The monoisotopic (exact) mass is 268 g/mol. The number of hydrogen-bond acceptors (Lipinski definition) is 5. The van der Waals surface area contributed by atoms with Gasteiger partial charge in [0.25, 0.3) is 5.91 Å². The minimum absolute atomic E-state index is 0.274. The summed E-state index contributed by atoms with van der Waals surface area (Å²) in [6, 6.07) is 7.42. The van der Waals surface area contributed by atoms with Gasteiger partial charge in [-0.25, -0.2) is 4.98 Å². The van der Waals surface area contributed by atoms with Crippen LogP contribution in [-0.4, -0.2) is 21.0 Å². The van der Waals surface area contributed by atoms with Gasteiger partial charge in [0, 0.05) is 12.1 Å². The highest BCUT2D eigenvalue weighted by molar-refractivity contribution is 5.93. The minimum Gasteiger partial charge on any atom is -0.361 e. The molecule has 0 saturated heterocycles. The van der Waals surface area contributed by atoms with Crippen LogP contribution >= 0.6 is 0 Å². The first-order chi connectivity index (χ1) is 9.74. The molecule has 20 heavy (non-hydrogen) atoms. The molecule has 3 aromatic rings. The number of fused-ring (bicyclic) bond motifs is 1. The van der Waals surface area contributed by atoms with Crippen LogP contribution < -0.4 is 5.32 Å². The molecule has 0 fully saturated rings. The van der Waals surface area contributed by atoms with Crippen LogP contribution in [0.2, 0.25) is 0 Å². The third-order valence-electron chi connectivity index (χ3n) is 2.97. The molecule has 0 aliphatic heterocycles. The number of nitrogens with one attached hydrogen (secondary N) is 1. The van der Waals surface area contributed by atoms with Gasteiger partial charge in [0.05, 0.1) is 23.4 Å². The number of rotatable bonds is 3. The normalized spacial score (nSPS) is 10.7. The maximum atomic E-state index is 12.0. The molecule has 1 amide bonds. The summed E-state index contributed by atoms with van der Waals surface area (Å²) >= 11 is 0. The zero-order valence-corrected chi connectivity index (χ0v) is 10.8. The highest BCUT2D eigenvalue weighted by Gasteiger charge is 2.10. The number of hydrogen-bond donors (Lipinski definition) is 1. The molecule has 6 nitrogen and oxygen atoms in total. The SMILES string of the molecule is Cc1oncc1CNC(=O)c1cnc2ccccc2n1. The predicted molar refractivity (Wildman–Crippen MR) is 71.9 cm³/mol. The number of aryl methyl sites for hydroxylation is 1. The van der Waals surface area contributed by atoms with E-state index in [4.69, 9.17) is 4.52 Å². The summed E-state index contributed by atoms with van der Waals surface area (Å²) in [4.78, 5) is 20.5. The molecule has 0 bridgehead atoms. The number of nitrogens with zero attached hydrogens (tertiary/aromatic N) is 3. The van der Waals surface area contributed by atoms with E-state index < -0.39 is 0 Å². The minimum atomic E-state index is -0.274. The van der Waals surface area contributed by atoms with Gasteiger partial charge in [0.1, 0.15) is 11.5 Å². The highest BCUT2D eigenvalue weighted by Crippen LogP contribution is 2.09. The predicted octanol–water partition coefficient (Wildman–Crippen LogP) is 1.86. The van der Waals surface area contributed by atoms with Crippen molar-refractivity contribution in [2.75, 3.05) is 0 Å². The lowest BCUT2D eigenvalue weighted by atomic mass is 10.2. The lowest BCUT2D eigenvalue weighted by Gasteiger charge is -2.04. The largest absolute Gasteiger partial charge is 0.361 e. The Hall–Kier alpha value is -2.76. The zero-order chi connectivity index (χ0) is 13.9. The second-order valence-corrected chi connectivity index (χ2v) is 4.33. The number of carbonyl (C=O) groups excluding carboxylic acids is 1. The van der Waals surface area contributed by atoms with Crippen molar-refractivity contribution in [1.82, 2.24) is 20.4 Å². The van der Waals surface area contributed by atoms with Crippen LogP contribution in [0.4, 0.5) is 0 Å². The molecule has 1 aromatic carbocycles. The Balaban J connectivity index is 1.77. The zero-order valence-electron chi connectivity index (χ0n) is 10.8. The summed E-state index contributed by atoms with van der Waals surface area (Å²) in [5.41, 5.74) is 2.59. The van der Waals surface area contributed by atoms with Gasteiger partial charge < -0.3 is 9.84 Å². The lowest BCUT2D eigenvalue weighted by molar-refractivity contribution is 0.0946. The Bertz CT molecular complexity index is 766. The average Bonchev–Trinajstić information content (AvgIpc) is 2.89. The van der Waals surface area contributed by atoms with Crippen LogP contribution in [-0.2, 0) is 6.54 Å². The number of benzene rings is 1. The van der Waals surface area contributed by atoms with Gasteiger partial charge >= 0.3 is 0 Å². The molecule has 2 aromatic heterocycles. The Kier molecular flexibility index (Phi) is 3.12. The Labute approximate surface area is 114 Å². The van der Waals surface area contributed by atoms with E-state index in [1.807, 2.05) is 24.3 Å². The summed E-state index contributed by atoms with van der Waals surface area (Å²) in [5, 5.41) is 6.42. The third-order valence-corrected chi connectivity index (χ3v) is 2.97.